The van der Waals surface area contributed by atoms with Gasteiger partial charge >= 0.3 is 0 Å². The van der Waals surface area contributed by atoms with Crippen molar-refractivity contribution in [3.8, 4) is 0 Å². The molecule has 0 saturated carbocycles. The number of nitrogens with zero attached hydrogens (tertiary/aromatic N) is 1. The highest BCUT2D eigenvalue weighted by atomic mass is 79.9. The van der Waals surface area contributed by atoms with E-state index in [1.165, 1.54) is 20.2 Å². The first-order valence-corrected chi connectivity index (χ1v) is 12.7. The predicted octanol–water partition coefficient (Wildman–Crippen LogP) is 10.2. The summed E-state index contributed by atoms with van der Waals surface area (Å²) < 4.78 is 9.70. The quantitative estimate of drug-likeness (QED) is 0.230. The Morgan fingerprint density at radius 2 is 1.29 bits per heavy atom. The molecule has 2 heterocycles. The number of hydrogen-bond donors (Lipinski definition) is 0. The molecule has 2 aromatic heterocycles. The number of hydrogen-bond acceptors (Lipinski definition) is 3. The Labute approximate surface area is 208 Å². The lowest BCUT2D eigenvalue weighted by atomic mass is 10.1. The van der Waals surface area contributed by atoms with E-state index in [0.717, 1.165) is 43.5 Å². The van der Waals surface area contributed by atoms with E-state index in [0.29, 0.717) is 0 Å². The summed E-state index contributed by atoms with van der Waals surface area (Å²) in [5.74, 6) is 0. The van der Waals surface area contributed by atoms with Gasteiger partial charge in [-0.05, 0) is 64.5 Å². The van der Waals surface area contributed by atoms with E-state index in [9.17, 15) is 0 Å². The molecule has 0 bridgehead atoms. The van der Waals surface area contributed by atoms with Gasteiger partial charge in [0.25, 0.3) is 0 Å². The molecule has 0 fully saturated rings. The molecule has 0 radical (unpaired) electrons. The van der Waals surface area contributed by atoms with Gasteiger partial charge in [0.05, 0.1) is 4.47 Å². The van der Waals surface area contributed by atoms with E-state index >= 15 is 0 Å². The highest BCUT2D eigenvalue weighted by molar-refractivity contribution is 9.10. The fourth-order valence-corrected chi connectivity index (χ4v) is 6.45. The van der Waals surface area contributed by atoms with Gasteiger partial charge in [-0.1, -0.05) is 60.7 Å². The number of thiophene rings is 1. The molecule has 7 aromatic rings. The van der Waals surface area contributed by atoms with Crippen molar-refractivity contribution in [1.29, 1.82) is 0 Å². The maximum absolute atomic E-state index is 6.16. The Kier molecular flexibility index (Phi) is 4.51. The van der Waals surface area contributed by atoms with E-state index in [2.05, 4.69) is 118 Å². The lowest BCUT2D eigenvalue weighted by molar-refractivity contribution is 0.667. The van der Waals surface area contributed by atoms with Crippen LogP contribution in [0.5, 0.6) is 0 Å². The van der Waals surface area contributed by atoms with Crippen LogP contribution in [0.4, 0.5) is 17.1 Å². The molecule has 0 aliphatic heterocycles. The third-order valence-corrected chi connectivity index (χ3v) is 8.03. The molecule has 0 amide bonds. The summed E-state index contributed by atoms with van der Waals surface area (Å²) in [6.07, 6.45) is 0. The zero-order valence-corrected chi connectivity index (χ0v) is 20.4. The molecule has 0 spiro atoms. The smallest absolute Gasteiger partial charge is 0.149 e. The van der Waals surface area contributed by atoms with Gasteiger partial charge in [-0.25, -0.2) is 0 Å². The predicted molar refractivity (Wildman–Crippen MR) is 149 cm³/mol. The fourth-order valence-electron chi connectivity index (χ4n) is 4.78. The van der Waals surface area contributed by atoms with Crippen LogP contribution in [0.25, 0.3) is 42.1 Å². The van der Waals surface area contributed by atoms with Gasteiger partial charge in [0.15, 0.2) is 0 Å². The molecule has 0 saturated heterocycles. The monoisotopic (exact) mass is 519 g/mol. The normalized spacial score (nSPS) is 11.7. The Morgan fingerprint density at radius 3 is 2.18 bits per heavy atom. The summed E-state index contributed by atoms with van der Waals surface area (Å²) in [5.41, 5.74) is 5.09. The van der Waals surface area contributed by atoms with Crippen molar-refractivity contribution in [1.82, 2.24) is 0 Å². The number of benzene rings is 5. The first-order valence-electron chi connectivity index (χ1n) is 11.1. The minimum atomic E-state index is 0.873. The molecule has 4 heteroatoms. The minimum absolute atomic E-state index is 0.873. The summed E-state index contributed by atoms with van der Waals surface area (Å²) in [6.45, 7) is 0. The third-order valence-electron chi connectivity index (χ3n) is 6.31. The Hall–Kier alpha value is -3.60. The highest BCUT2D eigenvalue weighted by Gasteiger charge is 2.18. The number of rotatable bonds is 3. The van der Waals surface area contributed by atoms with Crippen LogP contribution in [0.2, 0.25) is 0 Å². The SMILES string of the molecule is Brc1cc(N(c2ccccc2)c2ccc3c(c2)sc2ccccc23)cc2c1oc1ccccc12. The van der Waals surface area contributed by atoms with Crippen LogP contribution in [0.3, 0.4) is 0 Å². The average molecular weight is 520 g/mol. The van der Waals surface area contributed by atoms with E-state index in [-0.39, 0.29) is 0 Å². The molecule has 2 nitrogen and oxygen atoms in total. The standard InChI is InChI=1S/C30H18BrNOS/c31-26-17-21(16-25-22-10-4-6-12-27(22)33-30(25)26)32(19-8-2-1-3-9-19)20-14-15-24-23-11-5-7-13-28(23)34-29(24)18-20/h1-18H. The van der Waals surface area contributed by atoms with Crippen LogP contribution < -0.4 is 4.90 Å². The topological polar surface area (TPSA) is 16.4 Å². The highest BCUT2D eigenvalue weighted by Crippen LogP contribution is 2.43. The van der Waals surface area contributed by atoms with Crippen LogP contribution >= 0.6 is 27.3 Å². The lowest BCUT2D eigenvalue weighted by Gasteiger charge is -2.26. The van der Waals surface area contributed by atoms with Gasteiger partial charge in [-0.2, -0.15) is 0 Å². The Bertz CT molecular complexity index is 1830. The molecule has 162 valence electrons. The van der Waals surface area contributed by atoms with Crippen LogP contribution in [0.15, 0.2) is 118 Å². The molecule has 0 aliphatic rings. The maximum atomic E-state index is 6.16. The largest absolute Gasteiger partial charge is 0.455 e. The lowest BCUT2D eigenvalue weighted by Crippen LogP contribution is -2.09. The zero-order chi connectivity index (χ0) is 22.6. The van der Waals surface area contributed by atoms with Gasteiger partial charge in [-0.15, -0.1) is 11.3 Å². The van der Waals surface area contributed by atoms with Crippen LogP contribution in [0.1, 0.15) is 0 Å². The summed E-state index contributed by atoms with van der Waals surface area (Å²) in [7, 11) is 0. The van der Waals surface area contributed by atoms with Crippen molar-refractivity contribution in [3.63, 3.8) is 0 Å². The first-order chi connectivity index (χ1) is 16.8. The molecule has 0 N–H and O–H groups in total. The molecule has 0 atom stereocenters. The molecule has 0 aliphatic carbocycles. The third kappa shape index (κ3) is 3.07. The molecular formula is C30H18BrNOS. The zero-order valence-electron chi connectivity index (χ0n) is 18.0. The molecule has 0 unspecified atom stereocenters. The Balaban J connectivity index is 1.49. The van der Waals surface area contributed by atoms with Crippen LogP contribution in [-0.2, 0) is 0 Å². The van der Waals surface area contributed by atoms with E-state index in [1.54, 1.807) is 0 Å². The van der Waals surface area contributed by atoms with Crippen molar-refractivity contribution in [2.45, 2.75) is 0 Å². The van der Waals surface area contributed by atoms with Crippen molar-refractivity contribution in [2.24, 2.45) is 0 Å². The van der Waals surface area contributed by atoms with Crippen molar-refractivity contribution in [3.05, 3.63) is 114 Å². The van der Waals surface area contributed by atoms with Crippen molar-refractivity contribution < 1.29 is 4.42 Å². The number of para-hydroxylation sites is 2. The fraction of sp³-hybridized carbons (Fsp3) is 0. The van der Waals surface area contributed by atoms with Crippen molar-refractivity contribution in [2.75, 3.05) is 4.90 Å². The van der Waals surface area contributed by atoms with Crippen molar-refractivity contribution >= 4 is 86.4 Å². The minimum Gasteiger partial charge on any atom is -0.455 e. The second-order valence-corrected chi connectivity index (χ2v) is 10.3. The van der Waals surface area contributed by atoms with Gasteiger partial charge in [0.1, 0.15) is 11.2 Å². The van der Waals surface area contributed by atoms with Gasteiger partial charge in [-0.3, -0.25) is 0 Å². The Morgan fingerprint density at radius 1 is 0.559 bits per heavy atom. The summed E-state index contributed by atoms with van der Waals surface area (Å²) in [4.78, 5) is 2.32. The van der Waals surface area contributed by atoms with E-state index in [1.807, 2.05) is 23.5 Å². The molecule has 34 heavy (non-hydrogen) atoms. The van der Waals surface area contributed by atoms with Gasteiger partial charge in [0, 0.05) is 48.0 Å². The van der Waals surface area contributed by atoms with E-state index < -0.39 is 0 Å². The maximum Gasteiger partial charge on any atom is 0.149 e. The first kappa shape index (κ1) is 19.8. The summed E-state index contributed by atoms with van der Waals surface area (Å²) >= 11 is 5.63. The van der Waals surface area contributed by atoms with Crippen LogP contribution in [-0.4, -0.2) is 0 Å². The van der Waals surface area contributed by atoms with E-state index in [4.69, 9.17) is 4.42 Å². The molecule has 5 aromatic carbocycles. The number of furan rings is 1. The number of anilines is 3. The van der Waals surface area contributed by atoms with Crippen LogP contribution in [0, 0.1) is 0 Å². The van der Waals surface area contributed by atoms with Gasteiger partial charge < -0.3 is 9.32 Å². The second kappa shape index (κ2) is 7.73. The summed E-state index contributed by atoms with van der Waals surface area (Å²) in [6, 6.07) is 38.5. The number of halogens is 1. The average Bonchev–Trinajstić information content (AvgIpc) is 3.43. The summed E-state index contributed by atoms with van der Waals surface area (Å²) in [5, 5.41) is 4.83. The second-order valence-electron chi connectivity index (χ2n) is 8.35. The molecular weight excluding hydrogens is 502 g/mol. The number of fused-ring (bicyclic) bond motifs is 6. The molecule has 7 rings (SSSR count). The van der Waals surface area contributed by atoms with Gasteiger partial charge in [0.2, 0.25) is 0 Å².